The van der Waals surface area contributed by atoms with Crippen molar-refractivity contribution in [2.45, 2.75) is 20.0 Å². The summed E-state index contributed by atoms with van der Waals surface area (Å²) in [7, 11) is 0. The van der Waals surface area contributed by atoms with Gasteiger partial charge in [0, 0.05) is 18.7 Å². The van der Waals surface area contributed by atoms with E-state index in [1.54, 1.807) is 52.0 Å². The number of likely N-dealkylation sites (tertiary alicyclic amines) is 1. The molecule has 1 saturated heterocycles. The minimum absolute atomic E-state index is 0.107. The molecule has 1 aromatic heterocycles. The maximum atomic E-state index is 12.3. The molecular weight excluding hydrogens is 404 g/mol. The molecule has 30 heavy (non-hydrogen) atoms. The lowest BCUT2D eigenvalue weighted by molar-refractivity contribution is 0.00589. The van der Waals surface area contributed by atoms with Crippen molar-refractivity contribution in [3.8, 4) is 23.3 Å². The number of amides is 1. The molecule has 0 saturated carbocycles. The van der Waals surface area contributed by atoms with Gasteiger partial charge in [0.05, 0.1) is 28.1 Å². The van der Waals surface area contributed by atoms with Crippen LogP contribution in [0.1, 0.15) is 27.3 Å². The number of carbonyl (C=O) groups excluding carboxylic acids is 1. The van der Waals surface area contributed by atoms with Crippen molar-refractivity contribution in [1.82, 2.24) is 14.7 Å². The van der Waals surface area contributed by atoms with Crippen LogP contribution >= 0.6 is 11.6 Å². The molecule has 0 aliphatic carbocycles. The molecule has 1 amide bonds. The molecule has 1 N–H and O–H groups in total. The Morgan fingerprint density at radius 1 is 1.23 bits per heavy atom. The van der Waals surface area contributed by atoms with Crippen molar-refractivity contribution in [2.24, 2.45) is 0 Å². The van der Waals surface area contributed by atoms with E-state index in [2.05, 4.69) is 5.10 Å². The highest BCUT2D eigenvalue weighted by molar-refractivity contribution is 6.31. The van der Waals surface area contributed by atoms with Crippen LogP contribution in [-0.4, -0.2) is 44.9 Å². The molecule has 1 aliphatic rings. The van der Waals surface area contributed by atoms with Crippen LogP contribution in [0, 0.1) is 25.2 Å². The van der Waals surface area contributed by atoms with E-state index in [9.17, 15) is 9.90 Å². The fraction of sp³-hybridized carbons (Fsp3) is 0.227. The summed E-state index contributed by atoms with van der Waals surface area (Å²) in [6, 6.07) is 14.0. The highest BCUT2D eigenvalue weighted by Gasteiger charge is 2.29. The van der Waals surface area contributed by atoms with Crippen LogP contribution in [0.3, 0.4) is 0 Å². The molecule has 4 rings (SSSR count). The molecule has 7 nitrogen and oxygen atoms in total. The first kappa shape index (κ1) is 20.0. The standard InChI is InChI=1S/C22H19ClN4O3/c1-13-21(14(2)27(25-13)17-6-3-16(10-24)20(23)9-17)30-19-7-4-15(5-8-19)22(29)26-11-18(28)12-26/h3-9,18,28H,11-12H2,1-2H3. The summed E-state index contributed by atoms with van der Waals surface area (Å²) in [5, 5.41) is 23.3. The van der Waals surface area contributed by atoms with Crippen molar-refractivity contribution in [3.63, 3.8) is 0 Å². The fourth-order valence-electron chi connectivity index (χ4n) is 3.34. The highest BCUT2D eigenvalue weighted by atomic mass is 35.5. The van der Waals surface area contributed by atoms with Gasteiger partial charge in [0.15, 0.2) is 5.75 Å². The number of nitrogens with zero attached hydrogens (tertiary/aromatic N) is 4. The molecule has 2 heterocycles. The Bertz CT molecular complexity index is 1160. The molecule has 2 aromatic carbocycles. The quantitative estimate of drug-likeness (QED) is 0.693. The average Bonchev–Trinajstić information content (AvgIpc) is 2.99. The number of hydrogen-bond acceptors (Lipinski definition) is 5. The Hall–Kier alpha value is -3.34. The molecule has 152 valence electrons. The van der Waals surface area contributed by atoms with Gasteiger partial charge in [0.1, 0.15) is 17.5 Å². The highest BCUT2D eigenvalue weighted by Crippen LogP contribution is 2.31. The number of nitriles is 1. The number of aliphatic hydroxyl groups excluding tert-OH is 1. The van der Waals surface area contributed by atoms with Gasteiger partial charge in [-0.25, -0.2) is 4.68 Å². The van der Waals surface area contributed by atoms with Crippen molar-refractivity contribution >= 4 is 17.5 Å². The third kappa shape index (κ3) is 3.63. The minimum Gasteiger partial charge on any atom is -0.453 e. The summed E-state index contributed by atoms with van der Waals surface area (Å²) in [6.45, 7) is 4.47. The van der Waals surface area contributed by atoms with Crippen molar-refractivity contribution in [2.75, 3.05) is 13.1 Å². The van der Waals surface area contributed by atoms with Gasteiger partial charge < -0.3 is 14.7 Å². The molecule has 0 bridgehead atoms. The van der Waals surface area contributed by atoms with Gasteiger partial charge in [-0.2, -0.15) is 10.4 Å². The van der Waals surface area contributed by atoms with Gasteiger partial charge in [-0.15, -0.1) is 0 Å². The van der Waals surface area contributed by atoms with Gasteiger partial charge in [-0.1, -0.05) is 11.6 Å². The van der Waals surface area contributed by atoms with Crippen molar-refractivity contribution < 1.29 is 14.6 Å². The maximum Gasteiger partial charge on any atom is 0.254 e. The number of aliphatic hydroxyl groups is 1. The van der Waals surface area contributed by atoms with Crippen LogP contribution in [0.25, 0.3) is 5.69 Å². The number of β-amino-alcohol motifs (C(OH)–C–C–N with tert-alkyl or cyclic N) is 1. The SMILES string of the molecule is Cc1nn(-c2ccc(C#N)c(Cl)c2)c(C)c1Oc1ccc(C(=O)N2CC(O)C2)cc1. The minimum atomic E-state index is -0.426. The Kier molecular flexibility index (Phi) is 5.20. The van der Waals surface area contributed by atoms with Gasteiger partial charge in [0.25, 0.3) is 5.91 Å². The van der Waals surface area contributed by atoms with Crippen molar-refractivity contribution in [3.05, 3.63) is 70.0 Å². The van der Waals surface area contributed by atoms with Gasteiger partial charge >= 0.3 is 0 Å². The number of halogens is 1. The number of carbonyl (C=O) groups is 1. The normalized spacial score (nSPS) is 13.6. The van der Waals surface area contributed by atoms with Gasteiger partial charge in [0.2, 0.25) is 0 Å². The third-order valence-electron chi connectivity index (χ3n) is 5.01. The topological polar surface area (TPSA) is 91.4 Å². The number of aromatic nitrogens is 2. The number of rotatable bonds is 4. The smallest absolute Gasteiger partial charge is 0.254 e. The van der Waals surface area contributed by atoms with Gasteiger partial charge in [-0.3, -0.25) is 4.79 Å². The predicted octanol–water partition coefficient (Wildman–Crippen LogP) is 3.62. The fourth-order valence-corrected chi connectivity index (χ4v) is 3.56. The van der Waals surface area contributed by atoms with Crippen LogP contribution in [0.5, 0.6) is 11.5 Å². The lowest BCUT2D eigenvalue weighted by atomic mass is 10.1. The first-order valence-electron chi connectivity index (χ1n) is 9.39. The molecule has 0 radical (unpaired) electrons. The van der Waals surface area contributed by atoms with Crippen LogP contribution in [-0.2, 0) is 0 Å². The molecule has 0 atom stereocenters. The summed E-state index contributed by atoms with van der Waals surface area (Å²) in [5.74, 6) is 1.09. The van der Waals surface area contributed by atoms with Crippen LogP contribution in [0.15, 0.2) is 42.5 Å². The molecule has 0 unspecified atom stereocenters. The number of aryl methyl sites for hydroxylation is 1. The average molecular weight is 423 g/mol. The molecule has 0 spiro atoms. The zero-order valence-electron chi connectivity index (χ0n) is 16.5. The van der Waals surface area contributed by atoms with Crippen LogP contribution in [0.2, 0.25) is 5.02 Å². The molecule has 8 heteroatoms. The zero-order valence-corrected chi connectivity index (χ0v) is 17.2. The first-order chi connectivity index (χ1) is 14.4. The summed E-state index contributed by atoms with van der Waals surface area (Å²) >= 11 is 6.15. The van der Waals surface area contributed by atoms with Crippen LogP contribution < -0.4 is 4.74 Å². The lowest BCUT2D eigenvalue weighted by Crippen LogP contribution is -2.53. The van der Waals surface area contributed by atoms with E-state index in [0.717, 1.165) is 11.4 Å². The largest absolute Gasteiger partial charge is 0.453 e. The Balaban J connectivity index is 1.55. The summed E-state index contributed by atoms with van der Waals surface area (Å²) in [6.07, 6.45) is -0.426. The number of ether oxygens (including phenoxy) is 1. The number of hydrogen-bond donors (Lipinski definition) is 1. The first-order valence-corrected chi connectivity index (χ1v) is 9.76. The molecule has 1 aliphatic heterocycles. The zero-order chi connectivity index (χ0) is 21.4. The van der Waals surface area contributed by atoms with E-state index in [0.29, 0.717) is 46.4 Å². The third-order valence-corrected chi connectivity index (χ3v) is 5.33. The molecule has 3 aromatic rings. The van der Waals surface area contributed by atoms with E-state index in [4.69, 9.17) is 21.6 Å². The second-order valence-electron chi connectivity index (χ2n) is 7.18. The second kappa shape index (κ2) is 7.82. The monoisotopic (exact) mass is 422 g/mol. The summed E-state index contributed by atoms with van der Waals surface area (Å²) in [4.78, 5) is 13.9. The lowest BCUT2D eigenvalue weighted by Gasteiger charge is -2.35. The summed E-state index contributed by atoms with van der Waals surface area (Å²) < 4.78 is 7.75. The van der Waals surface area contributed by atoms with Crippen LogP contribution in [0.4, 0.5) is 0 Å². The van der Waals surface area contributed by atoms with Crippen molar-refractivity contribution in [1.29, 1.82) is 5.26 Å². The van der Waals surface area contributed by atoms with E-state index in [-0.39, 0.29) is 5.91 Å². The van der Waals surface area contributed by atoms with E-state index >= 15 is 0 Å². The second-order valence-corrected chi connectivity index (χ2v) is 7.59. The maximum absolute atomic E-state index is 12.3. The predicted molar refractivity (Wildman–Crippen MR) is 111 cm³/mol. The van der Waals surface area contributed by atoms with E-state index in [1.807, 2.05) is 19.9 Å². The van der Waals surface area contributed by atoms with E-state index < -0.39 is 6.10 Å². The Morgan fingerprint density at radius 2 is 1.93 bits per heavy atom. The Morgan fingerprint density at radius 3 is 2.53 bits per heavy atom. The summed E-state index contributed by atoms with van der Waals surface area (Å²) in [5.41, 5.74) is 3.16. The number of benzene rings is 2. The molecule has 1 fully saturated rings. The molecular formula is C22H19ClN4O3. The Labute approximate surface area is 178 Å². The van der Waals surface area contributed by atoms with E-state index in [1.165, 1.54) is 0 Å². The van der Waals surface area contributed by atoms with Gasteiger partial charge in [-0.05, 0) is 56.3 Å².